The van der Waals surface area contributed by atoms with E-state index in [1.807, 2.05) is 25.2 Å². The maximum Gasteiger partial charge on any atom is 0.255 e. The Morgan fingerprint density at radius 2 is 1.88 bits per heavy atom. The summed E-state index contributed by atoms with van der Waals surface area (Å²) in [6, 6.07) is 23.3. The van der Waals surface area contributed by atoms with Crippen LogP contribution in [-0.2, 0) is 13.0 Å². The number of carbonyl (C=O) groups excluding carboxylic acids is 1. The maximum absolute atomic E-state index is 13.3. The zero-order chi connectivity index (χ0) is 23.7. The average molecular weight is 452 g/mol. The molecule has 1 amide bonds. The van der Waals surface area contributed by atoms with Gasteiger partial charge in [0.1, 0.15) is 0 Å². The highest BCUT2D eigenvalue weighted by atomic mass is 16.1. The van der Waals surface area contributed by atoms with Crippen molar-refractivity contribution in [2.45, 2.75) is 45.2 Å². The molecule has 2 aliphatic heterocycles. The molecule has 3 aromatic rings. The number of benzene rings is 3. The van der Waals surface area contributed by atoms with Crippen molar-refractivity contribution < 1.29 is 4.79 Å². The summed E-state index contributed by atoms with van der Waals surface area (Å²) < 4.78 is 0. The number of aryl methyl sites for hydroxylation is 1. The van der Waals surface area contributed by atoms with E-state index in [0.29, 0.717) is 11.6 Å². The minimum atomic E-state index is -0.0763. The number of allylic oxidation sites excluding steroid dienone is 1. The Morgan fingerprint density at radius 1 is 1.06 bits per heavy atom. The lowest BCUT2D eigenvalue weighted by Gasteiger charge is -2.30. The van der Waals surface area contributed by atoms with Crippen LogP contribution in [0.4, 0.5) is 11.4 Å². The van der Waals surface area contributed by atoms with Crippen molar-refractivity contribution in [2.24, 2.45) is 0 Å². The van der Waals surface area contributed by atoms with E-state index in [9.17, 15) is 4.79 Å². The number of amides is 1. The second kappa shape index (κ2) is 9.47. The Hall–Kier alpha value is -3.37. The van der Waals surface area contributed by atoms with Gasteiger partial charge in [-0.05, 0) is 85.7 Å². The lowest BCUT2D eigenvalue weighted by Crippen LogP contribution is -2.26. The highest BCUT2D eigenvalue weighted by Gasteiger charge is 2.22. The van der Waals surface area contributed by atoms with Crippen LogP contribution in [0.1, 0.15) is 47.7 Å². The molecule has 1 atom stereocenters. The van der Waals surface area contributed by atoms with E-state index in [4.69, 9.17) is 0 Å². The van der Waals surface area contributed by atoms with Crippen molar-refractivity contribution in [3.05, 3.63) is 95.7 Å². The van der Waals surface area contributed by atoms with Crippen molar-refractivity contribution in [1.82, 2.24) is 4.90 Å². The van der Waals surface area contributed by atoms with Crippen molar-refractivity contribution in [1.29, 1.82) is 0 Å². The van der Waals surface area contributed by atoms with Gasteiger partial charge < -0.3 is 10.2 Å². The number of fused-ring (bicyclic) bond motifs is 1. The monoisotopic (exact) mass is 451 g/mol. The van der Waals surface area contributed by atoms with Crippen LogP contribution in [0.25, 0.3) is 11.1 Å². The molecule has 1 fully saturated rings. The van der Waals surface area contributed by atoms with Gasteiger partial charge in [-0.3, -0.25) is 9.69 Å². The molecule has 0 aromatic heterocycles. The van der Waals surface area contributed by atoms with Crippen molar-refractivity contribution in [3.63, 3.8) is 0 Å². The van der Waals surface area contributed by atoms with Crippen molar-refractivity contribution in [2.75, 3.05) is 23.8 Å². The highest BCUT2D eigenvalue weighted by Crippen LogP contribution is 2.33. The van der Waals surface area contributed by atoms with Gasteiger partial charge in [0.2, 0.25) is 0 Å². The van der Waals surface area contributed by atoms with Gasteiger partial charge in [-0.15, -0.1) is 0 Å². The Balaban J connectivity index is 1.42. The molecule has 0 unspecified atom stereocenters. The Labute approximate surface area is 202 Å². The van der Waals surface area contributed by atoms with Gasteiger partial charge in [0.25, 0.3) is 5.91 Å². The smallest absolute Gasteiger partial charge is 0.255 e. The fourth-order valence-corrected chi connectivity index (χ4v) is 5.20. The SMILES string of the molecule is C=C1CCc2ccc(NC(=O)c3ccc(-c4ccccc4)c(CN4CCC[C@H]4C)c3)cc2N1C. The van der Waals surface area contributed by atoms with Crippen LogP contribution in [-0.4, -0.2) is 30.4 Å². The molecule has 34 heavy (non-hydrogen) atoms. The second-order valence-corrected chi connectivity index (χ2v) is 9.62. The fraction of sp³-hybridized carbons (Fsp3) is 0.300. The standard InChI is InChI=1S/C30H33N3O/c1-21-11-12-24-13-15-27(19-29(24)32(21)3)31-30(34)25-14-16-28(23-9-5-4-6-10-23)26(18-25)20-33-17-7-8-22(33)2/h4-6,9-10,13-16,18-19,22H,1,7-8,11-12,17,20H2,2-3H3,(H,31,34)/t22-/m1/s1. The van der Waals surface area contributed by atoms with Crippen LogP contribution in [0.2, 0.25) is 0 Å². The third kappa shape index (κ3) is 4.51. The number of nitrogens with one attached hydrogen (secondary N) is 1. The van der Waals surface area contributed by atoms with Gasteiger partial charge >= 0.3 is 0 Å². The molecule has 1 N–H and O–H groups in total. The van der Waals surface area contributed by atoms with E-state index >= 15 is 0 Å². The molecule has 5 rings (SSSR count). The molecule has 4 nitrogen and oxygen atoms in total. The van der Waals surface area contributed by atoms with E-state index in [2.05, 4.69) is 77.2 Å². The van der Waals surface area contributed by atoms with Crippen molar-refractivity contribution >= 4 is 17.3 Å². The van der Waals surface area contributed by atoms with Gasteiger partial charge in [-0.2, -0.15) is 0 Å². The molecule has 0 spiro atoms. The van der Waals surface area contributed by atoms with Gasteiger partial charge in [0.05, 0.1) is 0 Å². The highest BCUT2D eigenvalue weighted by molar-refractivity contribution is 6.05. The quantitative estimate of drug-likeness (QED) is 0.482. The van der Waals surface area contributed by atoms with E-state index < -0.39 is 0 Å². The minimum absolute atomic E-state index is 0.0763. The average Bonchev–Trinajstić information content (AvgIpc) is 3.26. The Bertz CT molecular complexity index is 1220. The summed E-state index contributed by atoms with van der Waals surface area (Å²) in [6.45, 7) is 8.43. The summed E-state index contributed by atoms with van der Waals surface area (Å²) in [5, 5.41) is 3.12. The molecule has 4 heteroatoms. The first kappa shape index (κ1) is 22.4. The number of rotatable bonds is 5. The first-order chi connectivity index (χ1) is 16.5. The number of nitrogens with zero attached hydrogens (tertiary/aromatic N) is 2. The van der Waals surface area contributed by atoms with E-state index in [1.54, 1.807) is 0 Å². The summed E-state index contributed by atoms with van der Waals surface area (Å²) in [7, 11) is 2.04. The zero-order valence-electron chi connectivity index (χ0n) is 20.2. The van der Waals surface area contributed by atoms with Gasteiger partial charge in [-0.1, -0.05) is 49.0 Å². The van der Waals surface area contributed by atoms with Crippen LogP contribution >= 0.6 is 0 Å². The molecule has 0 radical (unpaired) electrons. The predicted molar refractivity (Wildman–Crippen MR) is 141 cm³/mol. The fourth-order valence-electron chi connectivity index (χ4n) is 5.20. The molecule has 174 valence electrons. The molecule has 0 bridgehead atoms. The Kier molecular flexibility index (Phi) is 6.25. The number of likely N-dealkylation sites (tertiary alicyclic amines) is 1. The normalized spacial score (nSPS) is 18.1. The minimum Gasteiger partial charge on any atom is -0.348 e. The third-order valence-corrected chi connectivity index (χ3v) is 7.38. The third-order valence-electron chi connectivity index (χ3n) is 7.38. The summed E-state index contributed by atoms with van der Waals surface area (Å²) in [4.78, 5) is 17.9. The van der Waals surface area contributed by atoms with Gasteiger partial charge in [0.15, 0.2) is 0 Å². The van der Waals surface area contributed by atoms with Crippen LogP contribution in [0.5, 0.6) is 0 Å². The van der Waals surface area contributed by atoms with Crippen LogP contribution in [0.3, 0.4) is 0 Å². The predicted octanol–water partition coefficient (Wildman–Crippen LogP) is 6.49. The molecule has 2 heterocycles. The van der Waals surface area contributed by atoms with E-state index in [-0.39, 0.29) is 5.91 Å². The van der Waals surface area contributed by atoms with Crippen LogP contribution in [0, 0.1) is 0 Å². The summed E-state index contributed by atoms with van der Waals surface area (Å²) in [5.74, 6) is -0.0763. The van der Waals surface area contributed by atoms with Gasteiger partial charge in [-0.25, -0.2) is 0 Å². The van der Waals surface area contributed by atoms with Crippen molar-refractivity contribution in [3.8, 4) is 11.1 Å². The summed E-state index contributed by atoms with van der Waals surface area (Å²) in [5.41, 5.74) is 8.62. The molecular formula is C30H33N3O. The number of hydrogen-bond donors (Lipinski definition) is 1. The lowest BCUT2D eigenvalue weighted by molar-refractivity contribution is 0.102. The summed E-state index contributed by atoms with van der Waals surface area (Å²) in [6.07, 6.45) is 4.44. The number of carbonyl (C=O) groups is 1. The molecule has 1 saturated heterocycles. The van der Waals surface area contributed by atoms with E-state index in [0.717, 1.165) is 43.0 Å². The van der Waals surface area contributed by atoms with Gasteiger partial charge in [0, 0.05) is 42.3 Å². The molecular weight excluding hydrogens is 418 g/mol. The molecule has 3 aromatic carbocycles. The summed E-state index contributed by atoms with van der Waals surface area (Å²) >= 11 is 0. The second-order valence-electron chi connectivity index (χ2n) is 9.62. The Morgan fingerprint density at radius 3 is 2.65 bits per heavy atom. The molecule has 0 aliphatic carbocycles. The first-order valence-corrected chi connectivity index (χ1v) is 12.3. The topological polar surface area (TPSA) is 35.6 Å². The number of hydrogen-bond acceptors (Lipinski definition) is 3. The zero-order valence-corrected chi connectivity index (χ0v) is 20.2. The molecule has 0 saturated carbocycles. The molecule has 2 aliphatic rings. The van der Waals surface area contributed by atoms with E-state index in [1.165, 1.54) is 35.1 Å². The largest absolute Gasteiger partial charge is 0.348 e. The number of anilines is 2. The lowest BCUT2D eigenvalue weighted by atomic mass is 9.96. The van der Waals surface area contributed by atoms with Crippen LogP contribution < -0.4 is 10.2 Å². The first-order valence-electron chi connectivity index (χ1n) is 12.3. The van der Waals surface area contributed by atoms with Crippen LogP contribution in [0.15, 0.2) is 79.0 Å². The maximum atomic E-state index is 13.3.